The summed E-state index contributed by atoms with van der Waals surface area (Å²) in [7, 11) is 0. The molecule has 0 aliphatic carbocycles. The first-order chi connectivity index (χ1) is 13.8. The van der Waals surface area contributed by atoms with E-state index in [1.54, 1.807) is 18.2 Å². The lowest BCUT2D eigenvalue weighted by Gasteiger charge is -2.15. The summed E-state index contributed by atoms with van der Waals surface area (Å²) in [6.45, 7) is -0.950. The largest absolute Gasteiger partial charge is 0.459 e. The van der Waals surface area contributed by atoms with Crippen molar-refractivity contribution in [2.45, 2.75) is 12.3 Å². The first kappa shape index (κ1) is 20.6. The number of carbonyl (C=O) groups is 1. The highest BCUT2D eigenvalue weighted by Gasteiger charge is 2.33. The summed E-state index contributed by atoms with van der Waals surface area (Å²) in [4.78, 5) is 16.2. The van der Waals surface area contributed by atoms with Crippen molar-refractivity contribution in [1.82, 2.24) is 4.98 Å². The Balaban J connectivity index is 1.95. The van der Waals surface area contributed by atoms with Gasteiger partial charge in [0.25, 0.3) is 0 Å². The molecule has 2 aromatic carbocycles. The maximum atomic E-state index is 13.3. The maximum absolute atomic E-state index is 13.3. The standard InChI is InChI=1S/C20H17F3N2O4/c21-20(22,23)15-6-3-5-13-17(8-9-24-18(13)15)25-16-7-2-1-4-14(16)19(28)29-11-12(27)10-26/h1-9,12,26-27H,10-11H2,(H,24,25)/t12-/m1/s1. The molecule has 6 nitrogen and oxygen atoms in total. The SMILES string of the molecule is O=C(OC[C@H](O)CO)c1ccccc1Nc1ccnc2c(C(F)(F)F)cccc12. The molecule has 0 saturated carbocycles. The summed E-state index contributed by atoms with van der Waals surface area (Å²) >= 11 is 0. The Hall–Kier alpha value is -3.17. The third kappa shape index (κ3) is 4.64. The van der Waals surface area contributed by atoms with Gasteiger partial charge >= 0.3 is 12.1 Å². The zero-order chi connectivity index (χ0) is 21.0. The molecule has 3 aromatic rings. The highest BCUT2D eigenvalue weighted by molar-refractivity contribution is 6.00. The van der Waals surface area contributed by atoms with E-state index in [4.69, 9.17) is 9.84 Å². The Kier molecular flexibility index (Phi) is 6.00. The number of carbonyl (C=O) groups excluding carboxylic acids is 1. The number of nitrogens with zero attached hydrogens (tertiary/aromatic N) is 1. The van der Waals surface area contributed by atoms with Crippen LogP contribution in [0.4, 0.5) is 24.5 Å². The predicted molar refractivity (Wildman–Crippen MR) is 99.8 cm³/mol. The van der Waals surface area contributed by atoms with Crippen molar-refractivity contribution in [1.29, 1.82) is 0 Å². The van der Waals surface area contributed by atoms with Crippen molar-refractivity contribution in [2.24, 2.45) is 0 Å². The van der Waals surface area contributed by atoms with Gasteiger partial charge in [-0.15, -0.1) is 0 Å². The number of nitrogens with one attached hydrogen (secondary N) is 1. The van der Waals surface area contributed by atoms with Crippen molar-refractivity contribution in [2.75, 3.05) is 18.5 Å². The minimum atomic E-state index is -4.56. The molecule has 0 saturated heterocycles. The van der Waals surface area contributed by atoms with E-state index in [0.717, 1.165) is 6.07 Å². The van der Waals surface area contributed by atoms with E-state index in [0.29, 0.717) is 11.4 Å². The first-order valence-electron chi connectivity index (χ1n) is 8.58. The van der Waals surface area contributed by atoms with E-state index in [1.807, 2.05) is 0 Å². The van der Waals surface area contributed by atoms with Crippen molar-refractivity contribution in [3.63, 3.8) is 0 Å². The van der Waals surface area contributed by atoms with E-state index >= 15 is 0 Å². The minimum absolute atomic E-state index is 0.120. The average Bonchev–Trinajstić information content (AvgIpc) is 2.71. The number of esters is 1. The van der Waals surface area contributed by atoms with Gasteiger partial charge in [-0.25, -0.2) is 4.79 Å². The number of fused-ring (bicyclic) bond motifs is 1. The number of hydrogen-bond acceptors (Lipinski definition) is 6. The summed E-state index contributed by atoms with van der Waals surface area (Å²) in [5, 5.41) is 21.3. The fraction of sp³-hybridized carbons (Fsp3) is 0.200. The Morgan fingerprint density at radius 3 is 2.59 bits per heavy atom. The van der Waals surface area contributed by atoms with Gasteiger partial charge in [0.2, 0.25) is 0 Å². The van der Waals surface area contributed by atoms with Crippen LogP contribution in [0.2, 0.25) is 0 Å². The fourth-order valence-electron chi connectivity index (χ4n) is 2.73. The molecule has 9 heteroatoms. The van der Waals surface area contributed by atoms with E-state index < -0.39 is 37.0 Å². The first-order valence-corrected chi connectivity index (χ1v) is 8.58. The fourth-order valence-corrected chi connectivity index (χ4v) is 2.73. The molecule has 0 unspecified atom stereocenters. The van der Waals surface area contributed by atoms with Crippen LogP contribution in [0.1, 0.15) is 15.9 Å². The van der Waals surface area contributed by atoms with E-state index in [2.05, 4.69) is 10.3 Å². The molecule has 0 radical (unpaired) electrons. The van der Waals surface area contributed by atoms with E-state index in [9.17, 15) is 23.1 Å². The van der Waals surface area contributed by atoms with Gasteiger partial charge in [-0.05, 0) is 24.3 Å². The van der Waals surface area contributed by atoms with Crippen LogP contribution in [0.3, 0.4) is 0 Å². The predicted octanol–water partition coefficient (Wildman–Crippen LogP) is 3.51. The molecule has 0 spiro atoms. The normalized spacial score (nSPS) is 12.6. The Labute approximate surface area is 163 Å². The van der Waals surface area contributed by atoms with Crippen LogP contribution in [-0.2, 0) is 10.9 Å². The van der Waals surface area contributed by atoms with E-state index in [1.165, 1.54) is 30.5 Å². The Morgan fingerprint density at radius 1 is 1.10 bits per heavy atom. The average molecular weight is 406 g/mol. The molecule has 3 N–H and O–H groups in total. The van der Waals surface area contributed by atoms with Gasteiger partial charge in [-0.3, -0.25) is 4.98 Å². The summed E-state index contributed by atoms with van der Waals surface area (Å²) < 4.78 is 44.8. The third-order valence-corrected chi connectivity index (χ3v) is 4.11. The Morgan fingerprint density at radius 2 is 1.86 bits per heavy atom. The van der Waals surface area contributed by atoms with Crippen LogP contribution < -0.4 is 5.32 Å². The molecule has 1 atom stereocenters. The lowest BCUT2D eigenvalue weighted by molar-refractivity contribution is -0.136. The second kappa shape index (κ2) is 8.46. The quantitative estimate of drug-likeness (QED) is 0.543. The smallest absolute Gasteiger partial charge is 0.418 e. The van der Waals surface area contributed by atoms with Crippen LogP contribution in [0.15, 0.2) is 54.7 Å². The Bertz CT molecular complexity index is 1020. The van der Waals surface area contributed by atoms with Gasteiger partial charge in [0.05, 0.1) is 28.9 Å². The van der Waals surface area contributed by atoms with Crippen LogP contribution in [-0.4, -0.2) is 40.5 Å². The van der Waals surface area contributed by atoms with Crippen LogP contribution >= 0.6 is 0 Å². The second-order valence-corrected chi connectivity index (χ2v) is 6.16. The van der Waals surface area contributed by atoms with Crippen molar-refractivity contribution < 1.29 is 32.9 Å². The van der Waals surface area contributed by atoms with E-state index in [-0.39, 0.29) is 16.5 Å². The highest BCUT2D eigenvalue weighted by Crippen LogP contribution is 2.36. The van der Waals surface area contributed by atoms with Crippen LogP contribution in [0, 0.1) is 0 Å². The number of aromatic nitrogens is 1. The molecule has 152 valence electrons. The van der Waals surface area contributed by atoms with Crippen LogP contribution in [0.25, 0.3) is 10.9 Å². The van der Waals surface area contributed by atoms with Crippen molar-refractivity contribution >= 4 is 28.2 Å². The summed E-state index contributed by atoms with van der Waals surface area (Å²) in [5.74, 6) is -0.755. The number of aliphatic hydroxyl groups excluding tert-OH is 2. The molecule has 0 fully saturated rings. The van der Waals surface area contributed by atoms with Gasteiger partial charge in [0.1, 0.15) is 12.7 Å². The van der Waals surface area contributed by atoms with Crippen LogP contribution in [0.5, 0.6) is 0 Å². The molecule has 0 aliphatic rings. The number of para-hydroxylation sites is 2. The molecule has 29 heavy (non-hydrogen) atoms. The monoisotopic (exact) mass is 406 g/mol. The maximum Gasteiger partial charge on any atom is 0.418 e. The zero-order valence-electron chi connectivity index (χ0n) is 15.0. The molecular weight excluding hydrogens is 389 g/mol. The molecule has 3 rings (SSSR count). The number of aliphatic hydroxyl groups is 2. The van der Waals surface area contributed by atoms with Gasteiger partial charge < -0.3 is 20.3 Å². The molecule has 0 aliphatic heterocycles. The van der Waals surface area contributed by atoms with Gasteiger partial charge in [-0.2, -0.15) is 13.2 Å². The summed E-state index contributed by atoms with van der Waals surface area (Å²) in [6, 6.07) is 11.5. The minimum Gasteiger partial charge on any atom is -0.459 e. The number of ether oxygens (including phenoxy) is 1. The molecule has 1 heterocycles. The zero-order valence-corrected chi connectivity index (χ0v) is 15.0. The van der Waals surface area contributed by atoms with Crippen molar-refractivity contribution in [3.8, 4) is 0 Å². The number of rotatable bonds is 6. The second-order valence-electron chi connectivity index (χ2n) is 6.16. The lowest BCUT2D eigenvalue weighted by Crippen LogP contribution is -2.22. The molecule has 1 aromatic heterocycles. The number of pyridine rings is 1. The third-order valence-electron chi connectivity index (χ3n) is 4.11. The molecule has 0 bridgehead atoms. The van der Waals surface area contributed by atoms with Gasteiger partial charge in [0, 0.05) is 17.3 Å². The number of hydrogen-bond donors (Lipinski definition) is 3. The summed E-state index contributed by atoms with van der Waals surface area (Å²) in [6.07, 6.45) is -4.51. The topological polar surface area (TPSA) is 91.7 Å². The molecular formula is C20H17F3N2O4. The highest BCUT2D eigenvalue weighted by atomic mass is 19.4. The number of alkyl halides is 3. The van der Waals surface area contributed by atoms with Gasteiger partial charge in [0.15, 0.2) is 0 Å². The number of benzene rings is 2. The number of anilines is 2. The molecule has 0 amide bonds. The van der Waals surface area contributed by atoms with Gasteiger partial charge in [-0.1, -0.05) is 24.3 Å². The lowest BCUT2D eigenvalue weighted by atomic mass is 10.1. The summed E-state index contributed by atoms with van der Waals surface area (Å²) in [5.41, 5.74) is -0.312. The van der Waals surface area contributed by atoms with Crippen molar-refractivity contribution in [3.05, 3.63) is 65.9 Å². The number of halogens is 3.